The number of carbonyl (C=O) groups is 2. The van der Waals surface area contributed by atoms with E-state index in [2.05, 4.69) is 5.32 Å². The molecule has 1 aromatic heterocycles. The number of nitrogens with one attached hydrogen (secondary N) is 1. The number of carbonyl (C=O) groups excluding carboxylic acids is 1. The molecule has 3 rings (SSSR count). The van der Waals surface area contributed by atoms with E-state index in [-0.39, 0.29) is 30.4 Å². The lowest BCUT2D eigenvalue weighted by atomic mass is 9.85. The fourth-order valence-corrected chi connectivity index (χ4v) is 3.92. The van der Waals surface area contributed by atoms with E-state index in [1.54, 1.807) is 12.1 Å². The molecule has 0 atom stereocenters. The highest BCUT2D eigenvalue weighted by Gasteiger charge is 2.35. The van der Waals surface area contributed by atoms with E-state index in [9.17, 15) is 14.0 Å². The summed E-state index contributed by atoms with van der Waals surface area (Å²) in [6, 6.07) is 8.27. The van der Waals surface area contributed by atoms with Gasteiger partial charge in [0.1, 0.15) is 5.82 Å². The van der Waals surface area contributed by atoms with E-state index in [4.69, 9.17) is 5.11 Å². The molecule has 28 heavy (non-hydrogen) atoms. The van der Waals surface area contributed by atoms with Gasteiger partial charge in [0, 0.05) is 29.2 Å². The largest absolute Gasteiger partial charge is 0.480 e. The van der Waals surface area contributed by atoms with E-state index in [0.717, 1.165) is 29.9 Å². The predicted molar refractivity (Wildman–Crippen MR) is 104 cm³/mol. The number of likely N-dealkylation sites (N-methyl/N-ethyl adjacent to an activating group) is 1. The summed E-state index contributed by atoms with van der Waals surface area (Å²) in [7, 11) is 0. The van der Waals surface area contributed by atoms with Crippen LogP contribution in [-0.2, 0) is 4.79 Å². The molecule has 1 fully saturated rings. The van der Waals surface area contributed by atoms with Gasteiger partial charge in [-0.3, -0.25) is 14.5 Å². The first-order chi connectivity index (χ1) is 13.3. The lowest BCUT2D eigenvalue weighted by molar-refractivity contribution is -0.139. The fourth-order valence-electron chi connectivity index (χ4n) is 3.92. The summed E-state index contributed by atoms with van der Waals surface area (Å²) in [5, 5.41) is 12.0. The van der Waals surface area contributed by atoms with Gasteiger partial charge in [-0.05, 0) is 63.6 Å². The van der Waals surface area contributed by atoms with Gasteiger partial charge in [-0.25, -0.2) is 4.39 Å². The maximum absolute atomic E-state index is 13.2. The van der Waals surface area contributed by atoms with Crippen LogP contribution in [0.1, 0.15) is 41.5 Å². The molecule has 1 amide bonds. The van der Waals surface area contributed by atoms with Gasteiger partial charge < -0.3 is 15.0 Å². The Labute approximate surface area is 164 Å². The summed E-state index contributed by atoms with van der Waals surface area (Å²) in [5.74, 6) is -1.26. The molecule has 0 radical (unpaired) electrons. The third-order valence-corrected chi connectivity index (χ3v) is 5.47. The van der Waals surface area contributed by atoms with Crippen molar-refractivity contribution in [2.75, 3.05) is 13.1 Å². The van der Waals surface area contributed by atoms with Crippen molar-refractivity contribution in [3.8, 4) is 5.69 Å². The smallest absolute Gasteiger partial charge is 0.317 e. The molecular formula is C21H26FN3O3. The quantitative estimate of drug-likeness (QED) is 0.766. The van der Waals surface area contributed by atoms with Crippen molar-refractivity contribution < 1.29 is 19.1 Å². The topological polar surface area (TPSA) is 74.6 Å². The van der Waals surface area contributed by atoms with Crippen molar-refractivity contribution in [3.05, 3.63) is 53.1 Å². The molecule has 150 valence electrons. The molecule has 2 N–H and O–H groups in total. The lowest BCUT2D eigenvalue weighted by Gasteiger charge is -2.42. The van der Waals surface area contributed by atoms with Crippen LogP contribution in [0.25, 0.3) is 5.69 Å². The van der Waals surface area contributed by atoms with Crippen molar-refractivity contribution in [1.82, 2.24) is 14.8 Å². The number of carboxylic acid groups (broad SMARTS) is 1. The molecule has 0 spiro atoms. The maximum atomic E-state index is 13.2. The standard InChI is InChI=1S/C21H26FN3O3/c1-4-24(12-20(26)27)18-10-16(11-18)23-21(28)19-9-13(2)25(14(19)3)17-7-5-15(22)6-8-17/h5-9,16,18H,4,10-12H2,1-3H3,(H,23,28)(H,26,27). The Bertz CT molecular complexity index is 870. The van der Waals surface area contributed by atoms with Gasteiger partial charge >= 0.3 is 5.97 Å². The minimum atomic E-state index is -0.831. The third-order valence-electron chi connectivity index (χ3n) is 5.47. The summed E-state index contributed by atoms with van der Waals surface area (Å²) in [4.78, 5) is 25.6. The van der Waals surface area contributed by atoms with Crippen LogP contribution in [0.2, 0.25) is 0 Å². The van der Waals surface area contributed by atoms with Crippen LogP contribution in [0, 0.1) is 19.7 Å². The Hall–Kier alpha value is -2.67. The van der Waals surface area contributed by atoms with Crippen LogP contribution < -0.4 is 5.32 Å². The number of hydrogen-bond donors (Lipinski definition) is 2. The van der Waals surface area contributed by atoms with Crippen molar-refractivity contribution in [1.29, 1.82) is 0 Å². The summed E-state index contributed by atoms with van der Waals surface area (Å²) < 4.78 is 15.1. The number of nitrogens with zero attached hydrogens (tertiary/aromatic N) is 2. The molecule has 7 heteroatoms. The summed E-state index contributed by atoms with van der Waals surface area (Å²) >= 11 is 0. The summed E-state index contributed by atoms with van der Waals surface area (Å²) in [5.41, 5.74) is 3.12. The fraction of sp³-hybridized carbons (Fsp3) is 0.429. The van der Waals surface area contributed by atoms with Crippen LogP contribution in [0.4, 0.5) is 4.39 Å². The molecule has 1 aliphatic rings. The number of benzene rings is 1. The second-order valence-corrected chi connectivity index (χ2v) is 7.35. The average Bonchev–Trinajstić information content (AvgIpc) is 2.91. The number of aromatic nitrogens is 1. The van der Waals surface area contributed by atoms with Gasteiger partial charge in [-0.15, -0.1) is 0 Å². The number of hydrogen-bond acceptors (Lipinski definition) is 3. The first kappa shape index (κ1) is 20.1. The van der Waals surface area contributed by atoms with Crippen LogP contribution in [0.15, 0.2) is 30.3 Å². The molecule has 1 heterocycles. The zero-order chi connectivity index (χ0) is 20.4. The number of rotatable bonds is 7. The van der Waals surface area contributed by atoms with Crippen molar-refractivity contribution in [2.24, 2.45) is 0 Å². The Morgan fingerprint density at radius 1 is 1.25 bits per heavy atom. The van der Waals surface area contributed by atoms with Crippen molar-refractivity contribution >= 4 is 11.9 Å². The van der Waals surface area contributed by atoms with Gasteiger partial charge in [-0.2, -0.15) is 0 Å². The highest BCUT2D eigenvalue weighted by molar-refractivity contribution is 5.96. The predicted octanol–water partition coefficient (Wildman–Crippen LogP) is 2.90. The number of aryl methyl sites for hydroxylation is 1. The summed E-state index contributed by atoms with van der Waals surface area (Å²) in [6.07, 6.45) is 1.51. The number of carboxylic acids is 1. The molecule has 2 aromatic rings. The third kappa shape index (κ3) is 4.09. The van der Waals surface area contributed by atoms with Gasteiger partial charge in [0.05, 0.1) is 12.1 Å². The monoisotopic (exact) mass is 387 g/mol. The lowest BCUT2D eigenvalue weighted by Crippen LogP contribution is -2.54. The minimum Gasteiger partial charge on any atom is -0.480 e. The minimum absolute atomic E-state index is 0.0284. The van der Waals surface area contributed by atoms with E-state index >= 15 is 0 Å². The zero-order valence-corrected chi connectivity index (χ0v) is 16.4. The molecule has 0 saturated heterocycles. The van der Waals surface area contributed by atoms with Crippen molar-refractivity contribution in [3.63, 3.8) is 0 Å². The Balaban J connectivity index is 1.66. The van der Waals surface area contributed by atoms with Gasteiger partial charge in [0.2, 0.25) is 0 Å². The zero-order valence-electron chi connectivity index (χ0n) is 16.4. The SMILES string of the molecule is CCN(CC(=O)O)C1CC(NC(=O)c2cc(C)n(-c3ccc(F)cc3)c2C)C1. The highest BCUT2D eigenvalue weighted by Crippen LogP contribution is 2.27. The molecule has 1 aromatic carbocycles. The van der Waals surface area contributed by atoms with Gasteiger partial charge in [-0.1, -0.05) is 6.92 Å². The Kier molecular flexibility index (Phi) is 5.84. The van der Waals surface area contributed by atoms with Crippen LogP contribution in [0.3, 0.4) is 0 Å². The molecule has 0 unspecified atom stereocenters. The Morgan fingerprint density at radius 3 is 2.46 bits per heavy atom. The first-order valence-electron chi connectivity index (χ1n) is 9.51. The summed E-state index contributed by atoms with van der Waals surface area (Å²) in [6.45, 7) is 6.44. The number of amides is 1. The van der Waals surface area contributed by atoms with Gasteiger partial charge in [0.15, 0.2) is 0 Å². The van der Waals surface area contributed by atoms with Crippen LogP contribution in [-0.4, -0.2) is 51.6 Å². The highest BCUT2D eigenvalue weighted by atomic mass is 19.1. The van der Waals surface area contributed by atoms with E-state index in [1.165, 1.54) is 12.1 Å². The molecule has 1 aliphatic carbocycles. The van der Waals surface area contributed by atoms with E-state index in [1.807, 2.05) is 36.3 Å². The average molecular weight is 387 g/mol. The Morgan fingerprint density at radius 2 is 1.89 bits per heavy atom. The van der Waals surface area contributed by atoms with Crippen LogP contribution in [0.5, 0.6) is 0 Å². The van der Waals surface area contributed by atoms with E-state index in [0.29, 0.717) is 12.1 Å². The molecular weight excluding hydrogens is 361 g/mol. The van der Waals surface area contributed by atoms with Crippen molar-refractivity contribution in [2.45, 2.75) is 45.7 Å². The molecule has 1 saturated carbocycles. The maximum Gasteiger partial charge on any atom is 0.317 e. The van der Waals surface area contributed by atoms with Crippen LogP contribution >= 0.6 is 0 Å². The molecule has 0 aliphatic heterocycles. The van der Waals surface area contributed by atoms with Gasteiger partial charge in [0.25, 0.3) is 5.91 Å². The first-order valence-corrected chi connectivity index (χ1v) is 9.51. The second-order valence-electron chi connectivity index (χ2n) is 7.35. The second kappa shape index (κ2) is 8.14. The number of halogens is 1. The molecule has 6 nitrogen and oxygen atoms in total. The molecule has 0 bridgehead atoms. The number of aliphatic carboxylic acids is 1. The van der Waals surface area contributed by atoms with E-state index < -0.39 is 5.97 Å². The normalized spacial score (nSPS) is 18.8.